The smallest absolute Gasteiger partial charge is 0.411 e. The summed E-state index contributed by atoms with van der Waals surface area (Å²) in [6, 6.07) is -0.765. The van der Waals surface area contributed by atoms with E-state index in [1.807, 2.05) is 6.92 Å². The summed E-state index contributed by atoms with van der Waals surface area (Å²) in [4.78, 5) is 24.4. The maximum atomic E-state index is 11.9. The molecule has 2 atom stereocenters. The highest BCUT2D eigenvalue weighted by molar-refractivity contribution is 5.80. The van der Waals surface area contributed by atoms with Gasteiger partial charge in [0.05, 0.1) is 0 Å². The maximum Gasteiger partial charge on any atom is 0.411 e. The van der Waals surface area contributed by atoms with E-state index in [-0.39, 0.29) is 5.92 Å². The highest BCUT2D eigenvalue weighted by Gasteiger charge is 2.38. The number of carboxylic acid groups (broad SMARTS) is 1. The van der Waals surface area contributed by atoms with Crippen LogP contribution in [0.25, 0.3) is 0 Å². The van der Waals surface area contributed by atoms with Crippen LogP contribution >= 0.6 is 0 Å². The molecule has 0 aromatic heterocycles. The molecule has 0 bridgehead atoms. The van der Waals surface area contributed by atoms with Crippen LogP contribution in [0.5, 0.6) is 0 Å². The molecular weight excluding hydrogens is 222 g/mol. The summed E-state index contributed by atoms with van der Waals surface area (Å²) in [5.41, 5.74) is -0.596. The van der Waals surface area contributed by atoms with Crippen molar-refractivity contribution >= 4 is 12.1 Å². The normalized spacial score (nSPS) is 25.5. The zero-order valence-electron chi connectivity index (χ0n) is 10.9. The van der Waals surface area contributed by atoms with Crippen molar-refractivity contribution in [2.45, 2.75) is 52.2 Å². The number of aliphatic carboxylic acids is 1. The van der Waals surface area contributed by atoms with E-state index in [4.69, 9.17) is 4.74 Å². The summed E-state index contributed by atoms with van der Waals surface area (Å²) in [7, 11) is 0. The number of piperidine rings is 1. The Bertz CT molecular complexity index is 308. The summed E-state index contributed by atoms with van der Waals surface area (Å²) in [5.74, 6) is -0.989. The van der Waals surface area contributed by atoms with Gasteiger partial charge in [0, 0.05) is 6.54 Å². The van der Waals surface area contributed by atoms with Gasteiger partial charge in [-0.05, 0) is 39.5 Å². The lowest BCUT2D eigenvalue weighted by Crippen LogP contribution is -2.53. The predicted molar refractivity (Wildman–Crippen MR) is 62.8 cm³/mol. The Kier molecular flexibility index (Phi) is 4.01. The Labute approximate surface area is 102 Å². The van der Waals surface area contributed by atoms with E-state index >= 15 is 0 Å². The largest absolute Gasteiger partial charge is 0.480 e. The standard InChI is InChI=1S/C12H21NO4/c1-8-6-5-7-13(9(8)10(14)15)11(16)17-12(2,3)4/h8-9H,5-7H2,1-4H3,(H,14,15)/t8-,9+/m0/s1. The zero-order chi connectivity index (χ0) is 13.2. The van der Waals surface area contributed by atoms with Crippen molar-refractivity contribution < 1.29 is 19.4 Å². The maximum absolute atomic E-state index is 11.9. The summed E-state index contributed by atoms with van der Waals surface area (Å²) >= 11 is 0. The third kappa shape index (κ3) is 3.61. The van der Waals surface area contributed by atoms with Crippen molar-refractivity contribution in [1.29, 1.82) is 0 Å². The summed E-state index contributed by atoms with van der Waals surface area (Å²) < 4.78 is 5.23. The Hall–Kier alpha value is -1.26. The average molecular weight is 243 g/mol. The number of amides is 1. The van der Waals surface area contributed by atoms with Gasteiger partial charge in [0.1, 0.15) is 11.6 Å². The van der Waals surface area contributed by atoms with Crippen LogP contribution in [0.15, 0.2) is 0 Å². The molecule has 5 heteroatoms. The van der Waals surface area contributed by atoms with Gasteiger partial charge >= 0.3 is 12.1 Å². The molecule has 0 radical (unpaired) electrons. The van der Waals surface area contributed by atoms with Gasteiger partial charge in [-0.2, -0.15) is 0 Å². The second kappa shape index (κ2) is 4.94. The van der Waals surface area contributed by atoms with Gasteiger partial charge in [-0.25, -0.2) is 9.59 Å². The van der Waals surface area contributed by atoms with Gasteiger partial charge < -0.3 is 9.84 Å². The molecule has 0 saturated carbocycles. The van der Waals surface area contributed by atoms with Gasteiger partial charge in [0.25, 0.3) is 0 Å². The van der Waals surface area contributed by atoms with Crippen molar-refractivity contribution in [3.05, 3.63) is 0 Å². The van der Waals surface area contributed by atoms with Crippen LogP contribution in [0.2, 0.25) is 0 Å². The topological polar surface area (TPSA) is 66.8 Å². The second-order valence-corrected chi connectivity index (χ2v) is 5.58. The molecule has 5 nitrogen and oxygen atoms in total. The molecule has 1 saturated heterocycles. The van der Waals surface area contributed by atoms with Crippen molar-refractivity contribution in [2.24, 2.45) is 5.92 Å². The van der Waals surface area contributed by atoms with E-state index in [1.54, 1.807) is 20.8 Å². The third-order valence-corrected chi connectivity index (χ3v) is 2.81. The van der Waals surface area contributed by atoms with Gasteiger partial charge in [0.2, 0.25) is 0 Å². The lowest BCUT2D eigenvalue weighted by Gasteiger charge is -2.37. The molecule has 1 aliphatic heterocycles. The van der Waals surface area contributed by atoms with Gasteiger partial charge in [-0.3, -0.25) is 4.90 Å². The number of carboxylic acids is 1. The van der Waals surface area contributed by atoms with Crippen LogP contribution in [-0.4, -0.2) is 40.3 Å². The Balaban J connectivity index is 2.79. The first-order chi connectivity index (χ1) is 7.72. The van der Waals surface area contributed by atoms with Crippen molar-refractivity contribution in [1.82, 2.24) is 4.90 Å². The lowest BCUT2D eigenvalue weighted by molar-refractivity contribution is -0.146. The number of hydrogen-bond donors (Lipinski definition) is 1. The molecular formula is C12H21NO4. The van der Waals surface area contributed by atoms with Crippen LogP contribution in [-0.2, 0) is 9.53 Å². The molecule has 1 amide bonds. The number of likely N-dealkylation sites (tertiary alicyclic amines) is 1. The number of nitrogens with zero attached hydrogens (tertiary/aromatic N) is 1. The quantitative estimate of drug-likeness (QED) is 0.766. The SMILES string of the molecule is C[C@H]1CCCN(C(=O)OC(C)(C)C)[C@H]1C(=O)O. The number of rotatable bonds is 1. The van der Waals surface area contributed by atoms with Gasteiger partial charge in [-0.15, -0.1) is 0 Å². The highest BCUT2D eigenvalue weighted by atomic mass is 16.6. The van der Waals surface area contributed by atoms with E-state index in [0.29, 0.717) is 6.54 Å². The lowest BCUT2D eigenvalue weighted by atomic mass is 9.91. The molecule has 0 unspecified atom stereocenters. The van der Waals surface area contributed by atoms with Gasteiger partial charge in [0.15, 0.2) is 0 Å². The fraction of sp³-hybridized carbons (Fsp3) is 0.833. The number of hydrogen-bond acceptors (Lipinski definition) is 3. The van der Waals surface area contributed by atoms with E-state index in [1.165, 1.54) is 4.90 Å². The van der Waals surface area contributed by atoms with Gasteiger partial charge in [-0.1, -0.05) is 6.92 Å². The minimum atomic E-state index is -0.956. The van der Waals surface area contributed by atoms with Crippen LogP contribution in [0.1, 0.15) is 40.5 Å². The zero-order valence-corrected chi connectivity index (χ0v) is 10.9. The van der Waals surface area contributed by atoms with Crippen LogP contribution in [0.4, 0.5) is 4.79 Å². The van der Waals surface area contributed by atoms with E-state index in [9.17, 15) is 14.7 Å². The second-order valence-electron chi connectivity index (χ2n) is 5.58. The molecule has 0 aromatic carbocycles. The Morgan fingerprint density at radius 3 is 2.41 bits per heavy atom. The molecule has 98 valence electrons. The molecule has 1 rings (SSSR count). The summed E-state index contributed by atoms with van der Waals surface area (Å²) in [5, 5.41) is 9.18. The molecule has 1 heterocycles. The third-order valence-electron chi connectivity index (χ3n) is 2.81. The summed E-state index contributed by atoms with van der Waals surface area (Å²) in [6.07, 6.45) is 1.12. The first-order valence-corrected chi connectivity index (χ1v) is 5.95. The molecule has 17 heavy (non-hydrogen) atoms. The minimum Gasteiger partial charge on any atom is -0.480 e. The fourth-order valence-corrected chi connectivity index (χ4v) is 2.09. The molecule has 1 aliphatic rings. The predicted octanol–water partition coefficient (Wildman–Crippen LogP) is 2.11. The molecule has 1 fully saturated rings. The molecule has 1 N–H and O–H groups in total. The first-order valence-electron chi connectivity index (χ1n) is 5.95. The van der Waals surface area contributed by atoms with Crippen LogP contribution in [0, 0.1) is 5.92 Å². The Morgan fingerprint density at radius 1 is 1.35 bits per heavy atom. The van der Waals surface area contributed by atoms with Crippen molar-refractivity contribution in [2.75, 3.05) is 6.54 Å². The fourth-order valence-electron chi connectivity index (χ4n) is 2.09. The van der Waals surface area contributed by atoms with Crippen molar-refractivity contribution in [3.8, 4) is 0 Å². The van der Waals surface area contributed by atoms with E-state index in [2.05, 4.69) is 0 Å². The van der Waals surface area contributed by atoms with E-state index in [0.717, 1.165) is 12.8 Å². The average Bonchev–Trinajstić information content (AvgIpc) is 2.13. The van der Waals surface area contributed by atoms with Crippen molar-refractivity contribution in [3.63, 3.8) is 0 Å². The van der Waals surface area contributed by atoms with E-state index < -0.39 is 23.7 Å². The number of carbonyl (C=O) groups is 2. The number of carbonyl (C=O) groups excluding carboxylic acids is 1. The molecule has 0 aromatic rings. The summed E-state index contributed by atoms with van der Waals surface area (Å²) in [6.45, 7) is 7.63. The first kappa shape index (κ1) is 13.8. The number of ether oxygens (including phenoxy) is 1. The highest BCUT2D eigenvalue weighted by Crippen LogP contribution is 2.25. The van der Waals surface area contributed by atoms with Crippen LogP contribution in [0.3, 0.4) is 0 Å². The monoisotopic (exact) mass is 243 g/mol. The molecule has 0 aliphatic carbocycles. The molecule has 0 spiro atoms. The Morgan fingerprint density at radius 2 is 1.94 bits per heavy atom. The minimum absolute atomic E-state index is 0.0335. The van der Waals surface area contributed by atoms with Crippen LogP contribution < -0.4 is 0 Å².